The van der Waals surface area contributed by atoms with Gasteiger partial charge in [0, 0.05) is 49.0 Å². The molecule has 0 saturated carbocycles. The van der Waals surface area contributed by atoms with Gasteiger partial charge >= 0.3 is 5.69 Å². The van der Waals surface area contributed by atoms with Crippen LogP contribution < -0.4 is 15.9 Å². The molecular weight excluding hydrogens is 583 g/mol. The molecule has 0 bridgehead atoms. The van der Waals surface area contributed by atoms with E-state index in [1.807, 2.05) is 32.6 Å². The Bertz CT molecular complexity index is 1890. The fourth-order valence-corrected chi connectivity index (χ4v) is 6.86. The molecule has 2 aliphatic rings. The molecule has 2 aromatic carbocycles. The molecule has 2 N–H and O–H groups in total. The highest BCUT2D eigenvalue weighted by Crippen LogP contribution is 2.48. The van der Waals surface area contributed by atoms with Crippen molar-refractivity contribution in [1.82, 2.24) is 19.4 Å². The zero-order valence-electron chi connectivity index (χ0n) is 25.1. The number of para-hydroxylation sites is 1. The highest BCUT2D eigenvalue weighted by Gasteiger charge is 2.38. The Morgan fingerprint density at radius 3 is 2.70 bits per heavy atom. The van der Waals surface area contributed by atoms with Crippen molar-refractivity contribution in [2.24, 2.45) is 0 Å². The Hall–Kier alpha value is -4.44. The number of pyridine rings is 1. The molecular formula is C33H34ClFN6O3. The maximum absolute atomic E-state index is 17.3. The van der Waals surface area contributed by atoms with Crippen molar-refractivity contribution in [2.45, 2.75) is 52.1 Å². The molecule has 1 saturated heterocycles. The van der Waals surface area contributed by atoms with E-state index in [9.17, 15) is 14.7 Å². The standard InChI is InChI=1S/C33H34ClFN6O3/c1-6-23(43)39-16-20-12-14-37-29-25-31(27(35)24(26(29)34)21-9-7-8-10-22(21)42)41(30-18(4)11-13-36-28(30)17(2)3)33(44)38-32(25)40(20)15-19(39)5/h6-11,13,17,19-20,37,42H,1,12,14-16H2,2-5H3. The van der Waals surface area contributed by atoms with Gasteiger partial charge in [0.25, 0.3) is 0 Å². The average molecular weight is 617 g/mol. The van der Waals surface area contributed by atoms with Gasteiger partial charge in [-0.05, 0) is 50.0 Å². The van der Waals surface area contributed by atoms with Crippen LogP contribution in [0.4, 0.5) is 15.9 Å². The second-order valence-electron chi connectivity index (χ2n) is 11.8. The minimum atomic E-state index is -0.763. The van der Waals surface area contributed by atoms with Crippen molar-refractivity contribution in [2.75, 3.05) is 29.9 Å². The number of aromatic hydroxyl groups is 1. The Morgan fingerprint density at radius 2 is 2.00 bits per heavy atom. The first kappa shape index (κ1) is 29.6. The number of carbonyl (C=O) groups is 1. The number of amides is 1. The summed E-state index contributed by atoms with van der Waals surface area (Å²) < 4.78 is 18.6. The lowest BCUT2D eigenvalue weighted by atomic mass is 9.96. The van der Waals surface area contributed by atoms with Gasteiger partial charge in [0.1, 0.15) is 17.1 Å². The predicted octanol–water partition coefficient (Wildman–Crippen LogP) is 5.78. The summed E-state index contributed by atoms with van der Waals surface area (Å²) in [7, 11) is 0. The van der Waals surface area contributed by atoms with Crippen molar-refractivity contribution in [1.29, 1.82) is 0 Å². The Balaban J connectivity index is 1.76. The number of phenolic OH excluding ortho intramolecular Hbond substituents is 1. The molecule has 0 aliphatic carbocycles. The Labute approximate surface area is 259 Å². The van der Waals surface area contributed by atoms with E-state index >= 15 is 4.39 Å². The molecule has 2 aliphatic heterocycles. The summed E-state index contributed by atoms with van der Waals surface area (Å²) in [6.45, 7) is 12.6. The van der Waals surface area contributed by atoms with E-state index in [4.69, 9.17) is 11.6 Å². The number of fused-ring (bicyclic) bond motifs is 2. The van der Waals surface area contributed by atoms with Crippen LogP contribution in [-0.4, -0.2) is 62.2 Å². The van der Waals surface area contributed by atoms with E-state index in [1.54, 1.807) is 35.4 Å². The van der Waals surface area contributed by atoms with E-state index in [0.29, 0.717) is 54.3 Å². The number of hydrogen-bond donors (Lipinski definition) is 2. The third-order valence-corrected chi connectivity index (χ3v) is 9.02. The lowest BCUT2D eigenvalue weighted by Gasteiger charge is -2.47. The number of aromatic nitrogens is 3. The number of halogens is 2. The summed E-state index contributed by atoms with van der Waals surface area (Å²) >= 11 is 7.05. The Morgan fingerprint density at radius 1 is 1.25 bits per heavy atom. The van der Waals surface area contributed by atoms with E-state index < -0.39 is 11.5 Å². The van der Waals surface area contributed by atoms with Gasteiger partial charge in [-0.2, -0.15) is 4.98 Å². The van der Waals surface area contributed by atoms with Crippen LogP contribution in [0.5, 0.6) is 5.75 Å². The van der Waals surface area contributed by atoms with Gasteiger partial charge in [0.2, 0.25) is 5.91 Å². The molecule has 1 fully saturated rings. The van der Waals surface area contributed by atoms with Gasteiger partial charge in [0.05, 0.1) is 27.5 Å². The topological polar surface area (TPSA) is 104 Å². The van der Waals surface area contributed by atoms with Crippen molar-refractivity contribution in [3.05, 3.63) is 81.8 Å². The van der Waals surface area contributed by atoms with Crippen LogP contribution in [0.25, 0.3) is 27.7 Å². The number of nitrogens with zero attached hydrogens (tertiary/aromatic N) is 5. The quantitative estimate of drug-likeness (QED) is 0.280. The summed E-state index contributed by atoms with van der Waals surface area (Å²) in [4.78, 5) is 39.9. The molecule has 228 valence electrons. The molecule has 6 rings (SSSR count). The summed E-state index contributed by atoms with van der Waals surface area (Å²) in [5.41, 5.74) is 1.71. The number of carbonyl (C=O) groups excluding carboxylic acids is 1. The first-order chi connectivity index (χ1) is 21.0. The zero-order valence-corrected chi connectivity index (χ0v) is 25.8. The van der Waals surface area contributed by atoms with Crippen molar-refractivity contribution >= 4 is 39.9 Å². The smallest absolute Gasteiger partial charge is 0.354 e. The molecule has 2 atom stereocenters. The van der Waals surface area contributed by atoms with Crippen LogP contribution in [0.15, 0.2) is 54.0 Å². The molecule has 11 heteroatoms. The number of aryl methyl sites for hydroxylation is 1. The molecule has 1 amide bonds. The minimum absolute atomic E-state index is 0.0129. The highest BCUT2D eigenvalue weighted by molar-refractivity contribution is 6.38. The van der Waals surface area contributed by atoms with E-state index in [2.05, 4.69) is 21.9 Å². The number of anilines is 2. The van der Waals surface area contributed by atoms with Crippen molar-refractivity contribution in [3.63, 3.8) is 0 Å². The third-order valence-electron chi connectivity index (χ3n) is 8.64. The monoisotopic (exact) mass is 616 g/mol. The van der Waals surface area contributed by atoms with E-state index in [-0.39, 0.29) is 51.3 Å². The lowest BCUT2D eigenvalue weighted by molar-refractivity contribution is -0.128. The summed E-state index contributed by atoms with van der Waals surface area (Å²) in [5.74, 6) is -0.872. The number of piperazine rings is 1. The number of benzene rings is 2. The third kappa shape index (κ3) is 4.59. The highest BCUT2D eigenvalue weighted by atomic mass is 35.5. The number of phenols is 1. The molecule has 9 nitrogen and oxygen atoms in total. The number of rotatable bonds is 4. The zero-order chi connectivity index (χ0) is 31.4. The van der Waals surface area contributed by atoms with Gasteiger partial charge in [-0.1, -0.05) is 50.2 Å². The second kappa shape index (κ2) is 11.2. The summed E-state index contributed by atoms with van der Waals surface area (Å²) in [6.07, 6.45) is 3.57. The molecule has 4 aromatic rings. The average Bonchev–Trinajstić information content (AvgIpc) is 2.98. The number of nitrogens with one attached hydrogen (secondary N) is 1. The molecule has 44 heavy (non-hydrogen) atoms. The van der Waals surface area contributed by atoms with Crippen LogP contribution in [0.3, 0.4) is 0 Å². The van der Waals surface area contributed by atoms with Crippen molar-refractivity contribution in [3.8, 4) is 22.6 Å². The van der Waals surface area contributed by atoms with Gasteiger partial charge in [-0.15, -0.1) is 0 Å². The molecule has 4 heterocycles. The fourth-order valence-electron chi connectivity index (χ4n) is 6.52. The summed E-state index contributed by atoms with van der Waals surface area (Å²) in [6, 6.07) is 7.75. The molecule has 0 spiro atoms. The second-order valence-corrected chi connectivity index (χ2v) is 12.1. The van der Waals surface area contributed by atoms with Crippen LogP contribution in [0, 0.1) is 12.7 Å². The predicted molar refractivity (Wildman–Crippen MR) is 172 cm³/mol. The fraction of sp³-hybridized carbons (Fsp3) is 0.333. The van der Waals surface area contributed by atoms with Crippen LogP contribution in [0.2, 0.25) is 5.02 Å². The number of hydrogen-bond acceptors (Lipinski definition) is 7. The van der Waals surface area contributed by atoms with Gasteiger partial charge in [-0.3, -0.25) is 14.3 Å². The largest absolute Gasteiger partial charge is 0.507 e. The van der Waals surface area contributed by atoms with E-state index in [1.165, 1.54) is 16.7 Å². The molecule has 2 aromatic heterocycles. The maximum atomic E-state index is 17.3. The van der Waals surface area contributed by atoms with Crippen LogP contribution >= 0.6 is 11.6 Å². The van der Waals surface area contributed by atoms with Crippen molar-refractivity contribution < 1.29 is 14.3 Å². The molecule has 2 unspecified atom stereocenters. The van der Waals surface area contributed by atoms with Gasteiger partial charge < -0.3 is 20.2 Å². The SMILES string of the molecule is C=CC(=O)N1CC2CCNc3c(Cl)c(-c4ccccc4O)c(F)c4c3c(nc(=O)n4-c3c(C)ccnc3C(C)C)N2CC1C. The minimum Gasteiger partial charge on any atom is -0.507 e. The summed E-state index contributed by atoms with van der Waals surface area (Å²) in [5, 5.41) is 14.6. The normalized spacial score (nSPS) is 18.1. The lowest BCUT2D eigenvalue weighted by Crippen LogP contribution is -2.60. The maximum Gasteiger partial charge on any atom is 0.354 e. The van der Waals surface area contributed by atoms with Gasteiger partial charge in [0.15, 0.2) is 5.82 Å². The first-order valence-corrected chi connectivity index (χ1v) is 15.1. The Kier molecular flexibility index (Phi) is 7.57. The first-order valence-electron chi connectivity index (χ1n) is 14.7. The van der Waals surface area contributed by atoms with Gasteiger partial charge in [-0.25, -0.2) is 9.18 Å². The molecule has 0 radical (unpaired) electrons. The van der Waals surface area contributed by atoms with Crippen LogP contribution in [0.1, 0.15) is 44.4 Å². The van der Waals surface area contributed by atoms with E-state index in [0.717, 1.165) is 5.56 Å². The van der Waals surface area contributed by atoms with Crippen LogP contribution in [-0.2, 0) is 4.79 Å².